The van der Waals surface area contributed by atoms with Gasteiger partial charge in [-0.25, -0.2) is 10.4 Å². The van der Waals surface area contributed by atoms with Crippen LogP contribution in [0.1, 0.15) is 32.0 Å². The van der Waals surface area contributed by atoms with E-state index < -0.39 is 0 Å². The van der Waals surface area contributed by atoms with Crippen LogP contribution in [0.2, 0.25) is 0 Å². The lowest BCUT2D eigenvalue weighted by Gasteiger charge is -2.18. The molecule has 0 aliphatic heterocycles. The molecule has 2 heterocycles. The quantitative estimate of drug-likeness (QED) is 0.655. The molecule has 0 aromatic carbocycles. The Hall–Kier alpha value is -2.44. The van der Waals surface area contributed by atoms with E-state index in [1.807, 2.05) is 10.9 Å². The van der Waals surface area contributed by atoms with Crippen molar-refractivity contribution in [1.29, 1.82) is 0 Å². The van der Waals surface area contributed by atoms with E-state index in [0.717, 1.165) is 5.56 Å². The molecule has 7 nitrogen and oxygen atoms in total. The van der Waals surface area contributed by atoms with E-state index in [9.17, 15) is 4.79 Å². The number of rotatable bonds is 3. The molecule has 0 radical (unpaired) electrons. The molecule has 0 saturated heterocycles. The van der Waals surface area contributed by atoms with E-state index in [1.165, 1.54) is 6.07 Å². The predicted octanol–water partition coefficient (Wildman–Crippen LogP) is 1.48. The lowest BCUT2D eigenvalue weighted by Crippen LogP contribution is -2.21. The van der Waals surface area contributed by atoms with Gasteiger partial charge < -0.3 is 0 Å². The number of aromatic nitrogens is 4. The van der Waals surface area contributed by atoms with Gasteiger partial charge in [-0.05, 0) is 27.7 Å². The Morgan fingerprint density at radius 1 is 1.45 bits per heavy atom. The lowest BCUT2D eigenvalue weighted by atomic mass is 10.1. The van der Waals surface area contributed by atoms with Crippen molar-refractivity contribution >= 4 is 12.2 Å². The highest BCUT2D eigenvalue weighted by atomic mass is 16.1. The largest absolute Gasteiger partial charge is 0.291 e. The number of anilines is 1. The van der Waals surface area contributed by atoms with Crippen LogP contribution in [0.15, 0.2) is 28.4 Å². The van der Waals surface area contributed by atoms with E-state index in [2.05, 4.69) is 46.4 Å². The van der Waals surface area contributed by atoms with Gasteiger partial charge in [0.15, 0.2) is 0 Å². The van der Waals surface area contributed by atoms with Gasteiger partial charge in [0.25, 0.3) is 5.56 Å². The topological polar surface area (TPSA) is 88.0 Å². The number of aryl methyl sites for hydroxylation is 1. The van der Waals surface area contributed by atoms with Crippen molar-refractivity contribution < 1.29 is 0 Å². The maximum atomic E-state index is 11.3. The van der Waals surface area contributed by atoms with Gasteiger partial charge in [0.2, 0.25) is 5.95 Å². The molecular formula is C13H18N6O. The zero-order valence-corrected chi connectivity index (χ0v) is 12.0. The van der Waals surface area contributed by atoms with Crippen LogP contribution in [0.3, 0.4) is 0 Å². The maximum Gasteiger partial charge on any atom is 0.252 e. The first kappa shape index (κ1) is 14.0. The molecular weight excluding hydrogens is 256 g/mol. The van der Waals surface area contributed by atoms with E-state index in [1.54, 1.807) is 19.3 Å². The first-order valence-corrected chi connectivity index (χ1v) is 6.27. The van der Waals surface area contributed by atoms with Crippen LogP contribution in [0.5, 0.6) is 0 Å². The first-order chi connectivity index (χ1) is 9.34. The van der Waals surface area contributed by atoms with E-state index >= 15 is 0 Å². The number of nitrogens with one attached hydrogen (secondary N) is 2. The first-order valence-electron chi connectivity index (χ1n) is 6.27. The second-order valence-corrected chi connectivity index (χ2v) is 5.49. The van der Waals surface area contributed by atoms with E-state index in [-0.39, 0.29) is 11.1 Å². The van der Waals surface area contributed by atoms with Crippen molar-refractivity contribution in [3.8, 4) is 0 Å². The summed E-state index contributed by atoms with van der Waals surface area (Å²) in [6.45, 7) is 7.96. The van der Waals surface area contributed by atoms with E-state index in [4.69, 9.17) is 0 Å². The summed E-state index contributed by atoms with van der Waals surface area (Å²) in [6.07, 6.45) is 5.25. The van der Waals surface area contributed by atoms with Gasteiger partial charge in [-0.1, -0.05) is 0 Å². The third kappa shape index (κ3) is 3.53. The molecule has 0 spiro atoms. The maximum absolute atomic E-state index is 11.3. The van der Waals surface area contributed by atoms with Crippen LogP contribution in [0, 0.1) is 6.92 Å². The van der Waals surface area contributed by atoms with Crippen LogP contribution in [-0.2, 0) is 5.54 Å². The predicted molar refractivity (Wildman–Crippen MR) is 78.0 cm³/mol. The van der Waals surface area contributed by atoms with E-state index in [0.29, 0.717) is 11.6 Å². The number of hydrogen-bond acceptors (Lipinski definition) is 5. The average Bonchev–Trinajstić information content (AvgIpc) is 2.76. The molecule has 2 rings (SSSR count). The van der Waals surface area contributed by atoms with Crippen molar-refractivity contribution in [2.45, 2.75) is 33.2 Å². The standard InChI is InChI=1S/C13H18N6O/c1-9-5-11(20)17-12(16-9)18-14-6-10-7-15-19(8-10)13(2,3)4/h5-8H,1-4H3,(H2,16,17,18,20). The fourth-order valence-electron chi connectivity index (χ4n) is 1.57. The minimum atomic E-state index is -0.212. The van der Waals surface area contributed by atoms with Gasteiger partial charge >= 0.3 is 0 Å². The van der Waals surface area contributed by atoms with Crippen molar-refractivity contribution in [3.63, 3.8) is 0 Å². The molecule has 2 N–H and O–H groups in total. The van der Waals surface area contributed by atoms with Gasteiger partial charge in [-0.3, -0.25) is 14.5 Å². The Kier molecular flexibility index (Phi) is 3.69. The number of hydrazone groups is 1. The average molecular weight is 274 g/mol. The van der Waals surface area contributed by atoms with Gasteiger partial charge in [-0.2, -0.15) is 10.2 Å². The summed E-state index contributed by atoms with van der Waals surface area (Å²) in [4.78, 5) is 17.9. The minimum absolute atomic E-state index is 0.0666. The van der Waals surface area contributed by atoms with Crippen molar-refractivity contribution in [2.75, 3.05) is 5.43 Å². The monoisotopic (exact) mass is 274 g/mol. The highest BCUT2D eigenvalue weighted by Crippen LogP contribution is 2.12. The number of aromatic amines is 1. The summed E-state index contributed by atoms with van der Waals surface area (Å²) >= 11 is 0. The molecule has 20 heavy (non-hydrogen) atoms. The van der Waals surface area contributed by atoms with Crippen LogP contribution >= 0.6 is 0 Å². The molecule has 7 heteroatoms. The van der Waals surface area contributed by atoms with Crippen LogP contribution in [-0.4, -0.2) is 26.0 Å². The third-order valence-electron chi connectivity index (χ3n) is 2.54. The fourth-order valence-corrected chi connectivity index (χ4v) is 1.57. The van der Waals surface area contributed by atoms with Crippen LogP contribution in [0.4, 0.5) is 5.95 Å². The summed E-state index contributed by atoms with van der Waals surface area (Å²) in [5.74, 6) is 0.314. The Morgan fingerprint density at radius 2 is 2.20 bits per heavy atom. The molecule has 0 amide bonds. The SMILES string of the molecule is Cc1cc(=O)[nH]c(NN=Cc2cnn(C(C)(C)C)c2)n1. The molecule has 0 fully saturated rings. The molecule has 106 valence electrons. The molecule has 0 atom stereocenters. The molecule has 0 aliphatic carbocycles. The fraction of sp³-hybridized carbons (Fsp3) is 0.385. The summed E-state index contributed by atoms with van der Waals surface area (Å²) in [5.41, 5.74) is 3.90. The minimum Gasteiger partial charge on any atom is -0.291 e. The summed E-state index contributed by atoms with van der Waals surface area (Å²) in [7, 11) is 0. The second kappa shape index (κ2) is 5.28. The highest BCUT2D eigenvalue weighted by Gasteiger charge is 2.13. The van der Waals surface area contributed by atoms with Gasteiger partial charge in [0.1, 0.15) is 0 Å². The van der Waals surface area contributed by atoms with Crippen LogP contribution < -0.4 is 11.0 Å². The molecule has 0 saturated carbocycles. The summed E-state index contributed by atoms with van der Waals surface area (Å²) in [5, 5.41) is 8.29. The normalized spacial score (nSPS) is 12.0. The van der Waals surface area contributed by atoms with Crippen molar-refractivity contribution in [1.82, 2.24) is 19.7 Å². The number of H-pyrrole nitrogens is 1. The number of hydrogen-bond donors (Lipinski definition) is 2. The molecule has 0 bridgehead atoms. The second-order valence-electron chi connectivity index (χ2n) is 5.49. The Labute approximate surface area is 116 Å². The molecule has 0 unspecified atom stereocenters. The van der Waals surface area contributed by atoms with Crippen molar-refractivity contribution in [2.24, 2.45) is 5.10 Å². The summed E-state index contributed by atoms with van der Waals surface area (Å²) < 4.78 is 1.86. The molecule has 0 aliphatic rings. The lowest BCUT2D eigenvalue weighted by molar-refractivity contribution is 0.355. The molecule has 2 aromatic rings. The third-order valence-corrected chi connectivity index (χ3v) is 2.54. The Bertz CT molecular complexity index is 677. The van der Waals surface area contributed by atoms with Gasteiger partial charge in [0, 0.05) is 23.5 Å². The molecule has 2 aromatic heterocycles. The van der Waals surface area contributed by atoms with Gasteiger partial charge in [0.05, 0.1) is 18.0 Å². The Balaban J connectivity index is 2.07. The summed E-state index contributed by atoms with van der Waals surface area (Å²) in [6, 6.07) is 1.42. The van der Waals surface area contributed by atoms with Crippen molar-refractivity contribution in [3.05, 3.63) is 40.1 Å². The zero-order valence-electron chi connectivity index (χ0n) is 12.0. The zero-order chi connectivity index (χ0) is 14.8. The highest BCUT2D eigenvalue weighted by molar-refractivity contribution is 5.79. The number of nitrogens with zero attached hydrogens (tertiary/aromatic N) is 4. The van der Waals surface area contributed by atoms with Crippen LogP contribution in [0.25, 0.3) is 0 Å². The van der Waals surface area contributed by atoms with Gasteiger partial charge in [-0.15, -0.1) is 0 Å². The Morgan fingerprint density at radius 3 is 2.80 bits per heavy atom. The smallest absolute Gasteiger partial charge is 0.252 e.